The first-order valence-corrected chi connectivity index (χ1v) is 10.6. The quantitative estimate of drug-likeness (QED) is 0.845. The predicted molar refractivity (Wildman–Crippen MR) is 113 cm³/mol. The number of piperidine rings is 2. The molecule has 152 valence electrons. The lowest BCUT2D eigenvalue weighted by Gasteiger charge is -2.37. The molecule has 2 aliphatic heterocycles. The number of nitrogens with zero attached hydrogens (tertiary/aromatic N) is 4. The maximum Gasteiger partial charge on any atom is 0.131 e. The summed E-state index contributed by atoms with van der Waals surface area (Å²) in [5, 5.41) is 20.9. The smallest absolute Gasteiger partial charge is 0.131 e. The lowest BCUT2D eigenvalue weighted by Crippen LogP contribution is -2.38. The third-order valence-corrected chi connectivity index (χ3v) is 6.69. The molecule has 2 N–H and O–H groups in total. The van der Waals surface area contributed by atoms with Gasteiger partial charge >= 0.3 is 0 Å². The van der Waals surface area contributed by atoms with Crippen LogP contribution in [0.5, 0.6) is 0 Å². The highest BCUT2D eigenvalue weighted by Gasteiger charge is 2.27. The second-order valence-corrected chi connectivity index (χ2v) is 8.52. The Labute approximate surface area is 167 Å². The Morgan fingerprint density at radius 1 is 0.929 bits per heavy atom. The fraction of sp³-hybridized carbons (Fsp3) is 0.636. The highest BCUT2D eigenvalue weighted by molar-refractivity contribution is 5.93. The van der Waals surface area contributed by atoms with Gasteiger partial charge in [-0.15, -0.1) is 0 Å². The van der Waals surface area contributed by atoms with Crippen molar-refractivity contribution in [3.8, 4) is 0 Å². The number of fused-ring (bicyclic) bond motifs is 1. The molecule has 2 fully saturated rings. The molecule has 2 aromatic heterocycles. The Bertz CT molecular complexity index is 794. The van der Waals surface area contributed by atoms with Crippen LogP contribution in [-0.4, -0.2) is 58.6 Å². The molecule has 6 nitrogen and oxygen atoms in total. The summed E-state index contributed by atoms with van der Waals surface area (Å²) in [5.41, 5.74) is 2.16. The van der Waals surface area contributed by atoms with E-state index in [-0.39, 0.29) is 12.2 Å². The summed E-state index contributed by atoms with van der Waals surface area (Å²) in [7, 11) is 0. The number of aromatic nitrogens is 2. The lowest BCUT2D eigenvalue weighted by atomic mass is 9.91. The molecule has 28 heavy (non-hydrogen) atoms. The number of pyridine rings is 2. The molecular formula is C22H32N4O2. The Kier molecular flexibility index (Phi) is 5.69. The summed E-state index contributed by atoms with van der Waals surface area (Å²) in [6.45, 7) is 7.58. The van der Waals surface area contributed by atoms with Crippen molar-refractivity contribution in [1.82, 2.24) is 9.97 Å². The van der Waals surface area contributed by atoms with Crippen molar-refractivity contribution < 1.29 is 10.2 Å². The molecule has 0 aliphatic carbocycles. The Balaban J connectivity index is 1.60. The van der Waals surface area contributed by atoms with Gasteiger partial charge in [-0.05, 0) is 57.4 Å². The average molecular weight is 385 g/mol. The van der Waals surface area contributed by atoms with Crippen LogP contribution in [0.4, 0.5) is 11.5 Å². The van der Waals surface area contributed by atoms with Gasteiger partial charge in [-0.1, -0.05) is 0 Å². The molecule has 0 saturated carbocycles. The largest absolute Gasteiger partial charge is 0.393 e. The summed E-state index contributed by atoms with van der Waals surface area (Å²) in [6, 6.07) is 4.29. The minimum atomic E-state index is -0.235. The topological polar surface area (TPSA) is 72.7 Å². The average Bonchev–Trinajstić information content (AvgIpc) is 2.73. The molecule has 0 aromatic carbocycles. The van der Waals surface area contributed by atoms with Gasteiger partial charge in [0, 0.05) is 49.5 Å². The number of anilines is 2. The first-order chi connectivity index (χ1) is 13.5. The van der Waals surface area contributed by atoms with Crippen LogP contribution < -0.4 is 9.80 Å². The van der Waals surface area contributed by atoms with Crippen LogP contribution in [0.1, 0.15) is 39.5 Å². The van der Waals surface area contributed by atoms with E-state index in [0.717, 1.165) is 68.6 Å². The number of rotatable bonds is 4. The van der Waals surface area contributed by atoms with Gasteiger partial charge in [0.1, 0.15) is 5.82 Å². The van der Waals surface area contributed by atoms with Crippen molar-refractivity contribution in [3.05, 3.63) is 24.5 Å². The minimum Gasteiger partial charge on any atom is -0.393 e. The fourth-order valence-corrected chi connectivity index (χ4v) is 4.70. The summed E-state index contributed by atoms with van der Waals surface area (Å²) >= 11 is 0. The fourth-order valence-electron chi connectivity index (χ4n) is 4.70. The SMILES string of the molecule is C[C@H](O)C1CCN(c2cc(N3CCC([C@@H](C)O)CC3)nc3cnccc23)CC1. The monoisotopic (exact) mass is 384 g/mol. The van der Waals surface area contributed by atoms with Gasteiger partial charge in [-0.3, -0.25) is 4.98 Å². The van der Waals surface area contributed by atoms with Crippen LogP contribution in [0.2, 0.25) is 0 Å². The molecule has 0 bridgehead atoms. The molecule has 2 aliphatic rings. The number of hydrogen-bond acceptors (Lipinski definition) is 6. The third-order valence-electron chi connectivity index (χ3n) is 6.69. The van der Waals surface area contributed by atoms with E-state index in [1.807, 2.05) is 26.2 Å². The van der Waals surface area contributed by atoms with Gasteiger partial charge in [0.25, 0.3) is 0 Å². The second-order valence-electron chi connectivity index (χ2n) is 8.52. The molecule has 0 unspecified atom stereocenters. The molecule has 0 spiro atoms. The summed E-state index contributed by atoms with van der Waals surface area (Å²) < 4.78 is 0. The highest BCUT2D eigenvalue weighted by atomic mass is 16.3. The molecule has 4 heterocycles. The maximum absolute atomic E-state index is 9.92. The van der Waals surface area contributed by atoms with Gasteiger partial charge in [-0.25, -0.2) is 4.98 Å². The van der Waals surface area contributed by atoms with Crippen LogP contribution in [0.25, 0.3) is 10.9 Å². The predicted octanol–water partition coefficient (Wildman–Crippen LogP) is 2.82. The molecule has 0 amide bonds. The zero-order valence-corrected chi connectivity index (χ0v) is 17.0. The van der Waals surface area contributed by atoms with E-state index in [1.54, 1.807) is 0 Å². The Morgan fingerprint density at radius 2 is 1.50 bits per heavy atom. The van der Waals surface area contributed by atoms with Crippen molar-refractivity contribution in [3.63, 3.8) is 0 Å². The van der Waals surface area contributed by atoms with Crippen molar-refractivity contribution in [1.29, 1.82) is 0 Å². The van der Waals surface area contributed by atoms with E-state index in [9.17, 15) is 10.2 Å². The minimum absolute atomic E-state index is 0.230. The molecule has 4 rings (SSSR count). The van der Waals surface area contributed by atoms with Gasteiger partial charge in [0.15, 0.2) is 0 Å². The maximum atomic E-state index is 9.92. The van der Waals surface area contributed by atoms with E-state index in [4.69, 9.17) is 4.98 Å². The summed E-state index contributed by atoms with van der Waals surface area (Å²) in [6.07, 6.45) is 7.26. The van der Waals surface area contributed by atoms with E-state index >= 15 is 0 Å². The van der Waals surface area contributed by atoms with E-state index in [2.05, 4.69) is 26.9 Å². The highest BCUT2D eigenvalue weighted by Crippen LogP contribution is 2.34. The van der Waals surface area contributed by atoms with Gasteiger partial charge in [0.05, 0.1) is 23.9 Å². The van der Waals surface area contributed by atoms with E-state index < -0.39 is 0 Å². The molecule has 0 radical (unpaired) electrons. The third kappa shape index (κ3) is 3.94. The molecule has 2 aromatic rings. The van der Waals surface area contributed by atoms with Crippen LogP contribution in [-0.2, 0) is 0 Å². The first-order valence-electron chi connectivity index (χ1n) is 10.6. The molecule has 6 heteroatoms. The Morgan fingerprint density at radius 3 is 2.07 bits per heavy atom. The van der Waals surface area contributed by atoms with Crippen LogP contribution in [0.15, 0.2) is 24.5 Å². The zero-order chi connectivity index (χ0) is 19.7. The number of hydrogen-bond donors (Lipinski definition) is 2. The van der Waals surface area contributed by atoms with Gasteiger partial charge < -0.3 is 20.0 Å². The second kappa shape index (κ2) is 8.21. The lowest BCUT2D eigenvalue weighted by molar-refractivity contribution is 0.109. The Hall–Kier alpha value is -1.92. The van der Waals surface area contributed by atoms with Crippen LogP contribution >= 0.6 is 0 Å². The number of aliphatic hydroxyl groups is 2. The first kappa shape index (κ1) is 19.4. The van der Waals surface area contributed by atoms with Crippen molar-refractivity contribution >= 4 is 22.4 Å². The molecule has 2 atom stereocenters. The van der Waals surface area contributed by atoms with Crippen molar-refractivity contribution in [2.45, 2.75) is 51.7 Å². The van der Waals surface area contributed by atoms with Crippen molar-refractivity contribution in [2.24, 2.45) is 11.8 Å². The van der Waals surface area contributed by atoms with Crippen LogP contribution in [0.3, 0.4) is 0 Å². The molecular weight excluding hydrogens is 352 g/mol. The standard InChI is InChI=1S/C22H32N4O2/c1-15(27)17-4-9-25(10-5-17)21-13-22(24-20-14-23-8-3-19(20)21)26-11-6-18(7-12-26)16(2)28/h3,8,13-18,27-28H,4-7,9-12H2,1-2H3/t15-,16+/m0/s1. The van der Waals surface area contributed by atoms with Crippen molar-refractivity contribution in [2.75, 3.05) is 36.0 Å². The van der Waals surface area contributed by atoms with E-state index in [0.29, 0.717) is 11.8 Å². The van der Waals surface area contributed by atoms with E-state index in [1.165, 1.54) is 5.69 Å². The van der Waals surface area contributed by atoms with Gasteiger partial charge in [-0.2, -0.15) is 0 Å². The van der Waals surface area contributed by atoms with Crippen LogP contribution in [0, 0.1) is 11.8 Å². The normalized spacial score (nSPS) is 21.9. The zero-order valence-electron chi connectivity index (χ0n) is 17.0. The summed E-state index contributed by atoms with van der Waals surface area (Å²) in [5.74, 6) is 1.79. The van der Waals surface area contributed by atoms with Gasteiger partial charge in [0.2, 0.25) is 0 Å². The summed E-state index contributed by atoms with van der Waals surface area (Å²) in [4.78, 5) is 14.0. The number of aliphatic hydroxyl groups excluding tert-OH is 2. The molecule has 2 saturated heterocycles.